The van der Waals surface area contributed by atoms with Gasteiger partial charge in [-0.05, 0) is 42.2 Å². The van der Waals surface area contributed by atoms with Crippen LogP contribution in [0.3, 0.4) is 0 Å². The molecule has 0 saturated heterocycles. The average Bonchev–Trinajstić information content (AvgIpc) is 2.71. The Bertz CT molecular complexity index is 910. The van der Waals surface area contributed by atoms with Crippen molar-refractivity contribution in [1.82, 2.24) is 10.2 Å². The Hall–Kier alpha value is -3.15. The van der Waals surface area contributed by atoms with E-state index < -0.39 is 0 Å². The molecule has 2 amide bonds. The molecule has 2 aromatic carbocycles. The maximum Gasteiger partial charge on any atom is 0.409 e. The van der Waals surface area contributed by atoms with Crippen LogP contribution in [0.1, 0.15) is 35.2 Å². The highest BCUT2D eigenvalue weighted by atomic mass is 19.1. The highest BCUT2D eigenvalue weighted by molar-refractivity contribution is 5.92. The van der Waals surface area contributed by atoms with Gasteiger partial charge in [-0.1, -0.05) is 36.4 Å². The molecule has 28 heavy (non-hydrogen) atoms. The summed E-state index contributed by atoms with van der Waals surface area (Å²) in [6.07, 6.45) is 3.22. The summed E-state index contributed by atoms with van der Waals surface area (Å²) < 4.78 is 18.4. The summed E-state index contributed by atoms with van der Waals surface area (Å²) in [5, 5.41) is 2.88. The van der Waals surface area contributed by atoms with E-state index in [1.165, 1.54) is 30.9 Å². The van der Waals surface area contributed by atoms with Crippen LogP contribution in [0.2, 0.25) is 0 Å². The van der Waals surface area contributed by atoms with Crippen LogP contribution in [-0.4, -0.2) is 30.6 Å². The summed E-state index contributed by atoms with van der Waals surface area (Å²) in [4.78, 5) is 25.6. The van der Waals surface area contributed by atoms with Crippen LogP contribution < -0.4 is 5.32 Å². The third kappa shape index (κ3) is 4.57. The maximum atomic E-state index is 13.6. The molecule has 1 aliphatic heterocycles. The number of benzene rings is 2. The minimum atomic E-state index is -0.371. The fourth-order valence-corrected chi connectivity index (χ4v) is 3.25. The fourth-order valence-electron chi connectivity index (χ4n) is 3.25. The average molecular weight is 382 g/mol. The zero-order chi connectivity index (χ0) is 20.1. The number of rotatable bonds is 4. The molecule has 0 aliphatic carbocycles. The summed E-state index contributed by atoms with van der Waals surface area (Å²) in [5.74, 6) is -0.672. The van der Waals surface area contributed by atoms with Gasteiger partial charge in [0, 0.05) is 24.7 Å². The fraction of sp³-hybridized carbons (Fsp3) is 0.273. The number of hydrogen-bond acceptors (Lipinski definition) is 3. The third-order valence-corrected chi connectivity index (χ3v) is 4.85. The summed E-state index contributed by atoms with van der Waals surface area (Å²) in [6.45, 7) is 3.01. The predicted molar refractivity (Wildman–Crippen MR) is 105 cm³/mol. The van der Waals surface area contributed by atoms with Crippen molar-refractivity contribution in [3.8, 4) is 0 Å². The van der Waals surface area contributed by atoms with Crippen molar-refractivity contribution in [2.24, 2.45) is 0 Å². The Morgan fingerprint density at radius 1 is 1.21 bits per heavy atom. The molecule has 0 spiro atoms. The number of methoxy groups -OCH3 is 1. The minimum Gasteiger partial charge on any atom is -0.453 e. The van der Waals surface area contributed by atoms with E-state index in [0.29, 0.717) is 18.7 Å². The summed E-state index contributed by atoms with van der Waals surface area (Å²) in [5.41, 5.74) is 3.55. The Kier molecular flexibility index (Phi) is 6.09. The second-order valence-electron chi connectivity index (χ2n) is 6.75. The van der Waals surface area contributed by atoms with E-state index in [1.54, 1.807) is 23.1 Å². The lowest BCUT2D eigenvalue weighted by atomic mass is 9.95. The van der Waals surface area contributed by atoms with Gasteiger partial charge >= 0.3 is 6.09 Å². The molecule has 1 heterocycles. The molecule has 146 valence electrons. The van der Waals surface area contributed by atoms with Gasteiger partial charge in [-0.15, -0.1) is 0 Å². The minimum absolute atomic E-state index is 0.225. The molecule has 1 atom stereocenters. The highest BCUT2D eigenvalue weighted by Gasteiger charge is 2.22. The van der Waals surface area contributed by atoms with Gasteiger partial charge in [-0.2, -0.15) is 0 Å². The van der Waals surface area contributed by atoms with E-state index >= 15 is 0 Å². The van der Waals surface area contributed by atoms with Crippen molar-refractivity contribution in [3.05, 3.63) is 76.6 Å². The van der Waals surface area contributed by atoms with Crippen LogP contribution in [0.15, 0.2) is 48.5 Å². The van der Waals surface area contributed by atoms with Crippen molar-refractivity contribution in [3.63, 3.8) is 0 Å². The Balaban J connectivity index is 1.66. The van der Waals surface area contributed by atoms with Gasteiger partial charge in [-0.25, -0.2) is 9.18 Å². The number of carbonyl (C=O) groups is 2. The quantitative estimate of drug-likeness (QED) is 0.818. The van der Waals surface area contributed by atoms with Crippen LogP contribution in [-0.2, 0) is 22.5 Å². The smallest absolute Gasteiger partial charge is 0.409 e. The largest absolute Gasteiger partial charge is 0.453 e. The normalized spacial score (nSPS) is 14.5. The number of nitrogens with zero attached hydrogens (tertiary/aromatic N) is 1. The van der Waals surface area contributed by atoms with Gasteiger partial charge in [0.05, 0.1) is 13.2 Å². The van der Waals surface area contributed by atoms with E-state index in [1.807, 2.05) is 25.1 Å². The molecular formula is C22H23FN2O3. The number of amides is 2. The molecule has 0 bridgehead atoms. The van der Waals surface area contributed by atoms with E-state index in [4.69, 9.17) is 4.74 Å². The van der Waals surface area contributed by atoms with Gasteiger partial charge in [0.25, 0.3) is 0 Å². The van der Waals surface area contributed by atoms with Crippen molar-refractivity contribution in [2.45, 2.75) is 25.9 Å². The molecule has 6 heteroatoms. The van der Waals surface area contributed by atoms with Gasteiger partial charge < -0.3 is 15.0 Å². The number of nitrogens with one attached hydrogen (secondary N) is 1. The van der Waals surface area contributed by atoms with Crippen LogP contribution in [0.25, 0.3) is 6.08 Å². The number of hydrogen-bond donors (Lipinski definition) is 1. The number of ether oxygens (including phenoxy) is 1. The topological polar surface area (TPSA) is 58.6 Å². The van der Waals surface area contributed by atoms with Crippen molar-refractivity contribution in [2.75, 3.05) is 13.7 Å². The molecule has 1 N–H and O–H groups in total. The van der Waals surface area contributed by atoms with E-state index in [-0.39, 0.29) is 23.9 Å². The van der Waals surface area contributed by atoms with Gasteiger partial charge in [0.2, 0.25) is 5.91 Å². The summed E-state index contributed by atoms with van der Waals surface area (Å²) >= 11 is 0. The lowest BCUT2D eigenvalue weighted by Gasteiger charge is -2.28. The molecule has 1 aliphatic rings. The zero-order valence-electron chi connectivity index (χ0n) is 15.9. The Morgan fingerprint density at radius 3 is 2.75 bits per heavy atom. The van der Waals surface area contributed by atoms with Crippen molar-refractivity contribution in [1.29, 1.82) is 0 Å². The van der Waals surface area contributed by atoms with E-state index in [9.17, 15) is 14.0 Å². The number of halogens is 1. The molecule has 5 nitrogen and oxygen atoms in total. The van der Waals surface area contributed by atoms with Crippen LogP contribution in [0.4, 0.5) is 9.18 Å². The monoisotopic (exact) mass is 382 g/mol. The summed E-state index contributed by atoms with van der Waals surface area (Å²) in [6, 6.07) is 12.1. The summed E-state index contributed by atoms with van der Waals surface area (Å²) in [7, 11) is 1.38. The first kappa shape index (κ1) is 19.6. The molecule has 3 rings (SSSR count). The second kappa shape index (κ2) is 8.69. The van der Waals surface area contributed by atoms with Gasteiger partial charge in [0.15, 0.2) is 0 Å². The van der Waals surface area contributed by atoms with E-state index in [2.05, 4.69) is 5.32 Å². The molecule has 0 radical (unpaired) electrons. The first-order chi connectivity index (χ1) is 13.5. The molecule has 0 fully saturated rings. The molecule has 0 aromatic heterocycles. The zero-order valence-corrected chi connectivity index (χ0v) is 15.9. The Labute approximate surface area is 163 Å². The van der Waals surface area contributed by atoms with Gasteiger partial charge in [-0.3, -0.25) is 4.79 Å². The van der Waals surface area contributed by atoms with Crippen LogP contribution in [0, 0.1) is 5.82 Å². The van der Waals surface area contributed by atoms with E-state index in [0.717, 1.165) is 17.5 Å². The SMILES string of the molecule is COC(=O)N1CCc2ccc(C(C)NC(=O)C=Cc3ccccc3F)cc2C1. The first-order valence-electron chi connectivity index (χ1n) is 9.15. The van der Waals surface area contributed by atoms with Crippen molar-refractivity contribution >= 4 is 18.1 Å². The third-order valence-electron chi connectivity index (χ3n) is 4.85. The lowest BCUT2D eigenvalue weighted by molar-refractivity contribution is -0.117. The number of carbonyl (C=O) groups excluding carboxylic acids is 2. The highest BCUT2D eigenvalue weighted by Crippen LogP contribution is 2.24. The molecule has 2 aromatic rings. The standard InChI is InChI=1S/C22H23FN2O3/c1-15(24-21(26)10-9-17-5-3-4-6-20(17)23)18-8-7-16-11-12-25(22(27)28-2)14-19(16)13-18/h3-10,13,15H,11-12,14H2,1-2H3,(H,24,26). The predicted octanol–water partition coefficient (Wildman–Crippen LogP) is 3.84. The lowest BCUT2D eigenvalue weighted by Crippen LogP contribution is -2.36. The number of fused-ring (bicyclic) bond motifs is 1. The molecule has 1 unspecified atom stereocenters. The van der Waals surface area contributed by atoms with Crippen LogP contribution in [0.5, 0.6) is 0 Å². The second-order valence-corrected chi connectivity index (χ2v) is 6.75. The molecular weight excluding hydrogens is 359 g/mol. The van der Waals surface area contributed by atoms with Gasteiger partial charge in [0.1, 0.15) is 5.82 Å². The molecule has 0 saturated carbocycles. The van der Waals surface area contributed by atoms with Crippen LogP contribution >= 0.6 is 0 Å². The first-order valence-corrected chi connectivity index (χ1v) is 9.15. The maximum absolute atomic E-state index is 13.6. The van der Waals surface area contributed by atoms with Crippen molar-refractivity contribution < 1.29 is 18.7 Å². The Morgan fingerprint density at radius 2 is 2.00 bits per heavy atom.